The molecule has 2 saturated heterocycles. The van der Waals surface area contributed by atoms with Crippen molar-refractivity contribution >= 4 is 5.69 Å². The first-order valence-electron chi connectivity index (χ1n) is 13.1. The Morgan fingerprint density at radius 2 is 2.06 bits per heavy atom. The zero-order valence-electron chi connectivity index (χ0n) is 20.4. The van der Waals surface area contributed by atoms with Crippen molar-refractivity contribution in [2.75, 3.05) is 44.7 Å². The van der Waals surface area contributed by atoms with E-state index in [1.54, 1.807) is 5.56 Å². The topological polar surface area (TPSA) is 34.6 Å². The van der Waals surface area contributed by atoms with Gasteiger partial charge in [0.05, 0.1) is 11.7 Å². The van der Waals surface area contributed by atoms with E-state index >= 15 is 0 Å². The Labute approximate surface area is 199 Å². The minimum Gasteiger partial charge on any atom is -0.368 e. The number of piperazine rings is 1. The molecule has 5 nitrogen and oxygen atoms in total. The van der Waals surface area contributed by atoms with Crippen LogP contribution in [0.4, 0.5) is 5.69 Å². The fraction of sp³-hybridized carbons (Fsp3) is 0.607. The number of benzene rings is 1. The van der Waals surface area contributed by atoms with Crippen molar-refractivity contribution in [2.45, 2.75) is 70.1 Å². The Hall–Kier alpha value is -1.95. The Kier molecular flexibility index (Phi) is 5.89. The van der Waals surface area contributed by atoms with Crippen LogP contribution < -0.4 is 10.2 Å². The number of pyridine rings is 1. The molecule has 0 radical (unpaired) electrons. The summed E-state index contributed by atoms with van der Waals surface area (Å²) in [5.74, 6) is 0. The van der Waals surface area contributed by atoms with E-state index in [0.29, 0.717) is 12.1 Å². The van der Waals surface area contributed by atoms with Crippen LogP contribution in [0.25, 0.3) is 0 Å². The molecular formula is C28H39N5. The maximum absolute atomic E-state index is 4.88. The van der Waals surface area contributed by atoms with Gasteiger partial charge in [0.2, 0.25) is 0 Å². The molecule has 0 amide bonds. The highest BCUT2D eigenvalue weighted by atomic mass is 15.3. The first kappa shape index (κ1) is 21.6. The van der Waals surface area contributed by atoms with Gasteiger partial charge in [0.25, 0.3) is 0 Å². The van der Waals surface area contributed by atoms with E-state index in [9.17, 15) is 0 Å². The summed E-state index contributed by atoms with van der Waals surface area (Å²) in [6.07, 6.45) is 9.60. The van der Waals surface area contributed by atoms with Crippen LogP contribution in [-0.2, 0) is 19.4 Å². The Balaban J connectivity index is 1.17. The monoisotopic (exact) mass is 445 g/mol. The predicted octanol–water partition coefficient (Wildman–Crippen LogP) is 3.70. The minimum atomic E-state index is 0.447. The number of anilines is 1. The van der Waals surface area contributed by atoms with Gasteiger partial charge >= 0.3 is 0 Å². The van der Waals surface area contributed by atoms with Crippen LogP contribution in [0.3, 0.4) is 0 Å². The van der Waals surface area contributed by atoms with E-state index in [4.69, 9.17) is 4.98 Å². The summed E-state index contributed by atoms with van der Waals surface area (Å²) < 4.78 is 0. The lowest BCUT2D eigenvalue weighted by Gasteiger charge is -2.41. The summed E-state index contributed by atoms with van der Waals surface area (Å²) in [6, 6.07) is 11.1. The average molecular weight is 446 g/mol. The van der Waals surface area contributed by atoms with Gasteiger partial charge in [0, 0.05) is 56.7 Å². The molecule has 0 saturated carbocycles. The van der Waals surface area contributed by atoms with Gasteiger partial charge in [0.1, 0.15) is 0 Å². The summed E-state index contributed by atoms with van der Waals surface area (Å²) in [5.41, 5.74) is 8.68. The van der Waals surface area contributed by atoms with Crippen molar-refractivity contribution in [3.63, 3.8) is 0 Å². The zero-order valence-corrected chi connectivity index (χ0v) is 20.4. The van der Waals surface area contributed by atoms with Gasteiger partial charge in [-0.05, 0) is 87.4 Å². The van der Waals surface area contributed by atoms with Crippen molar-refractivity contribution in [3.8, 4) is 0 Å². The summed E-state index contributed by atoms with van der Waals surface area (Å²) in [5, 5.41) is 3.86. The van der Waals surface area contributed by atoms with Crippen LogP contribution in [0.1, 0.15) is 59.7 Å². The van der Waals surface area contributed by atoms with Crippen LogP contribution in [0.15, 0.2) is 30.5 Å². The van der Waals surface area contributed by atoms with Gasteiger partial charge in [-0.15, -0.1) is 0 Å². The number of nitrogens with one attached hydrogen (secondary N) is 1. The van der Waals surface area contributed by atoms with Gasteiger partial charge in [-0.2, -0.15) is 0 Å². The highest BCUT2D eigenvalue weighted by Gasteiger charge is 2.33. The normalized spacial score (nSPS) is 27.4. The van der Waals surface area contributed by atoms with Gasteiger partial charge < -0.3 is 10.2 Å². The van der Waals surface area contributed by atoms with Crippen LogP contribution in [0.5, 0.6) is 0 Å². The molecule has 176 valence electrons. The van der Waals surface area contributed by atoms with Gasteiger partial charge in [0.15, 0.2) is 0 Å². The number of hydrogen-bond donors (Lipinski definition) is 1. The number of rotatable bonds is 4. The molecule has 4 heterocycles. The second-order valence-corrected chi connectivity index (χ2v) is 10.9. The second kappa shape index (κ2) is 9.01. The molecule has 0 unspecified atom stereocenters. The number of aryl methyl sites for hydroxylation is 2. The van der Waals surface area contributed by atoms with Crippen molar-refractivity contribution in [2.24, 2.45) is 0 Å². The molecule has 5 heteroatoms. The SMILES string of the molecule is Cc1cnc2c(c1)CCC[C@@H]2N(C)C[C@H]1Cc2c(cccc2N2CCN3CCC[C@@H]3C2)CN1. The predicted molar refractivity (Wildman–Crippen MR) is 135 cm³/mol. The largest absolute Gasteiger partial charge is 0.368 e. The van der Waals surface area contributed by atoms with Crippen molar-refractivity contribution in [3.05, 3.63) is 58.4 Å². The lowest BCUT2D eigenvalue weighted by Crippen LogP contribution is -2.51. The third-order valence-electron chi connectivity index (χ3n) is 8.63. The molecule has 1 aromatic carbocycles. The van der Waals surface area contributed by atoms with Crippen LogP contribution >= 0.6 is 0 Å². The lowest BCUT2D eigenvalue weighted by atomic mass is 9.89. The van der Waals surface area contributed by atoms with E-state index < -0.39 is 0 Å². The third kappa shape index (κ3) is 4.20. The molecule has 33 heavy (non-hydrogen) atoms. The van der Waals surface area contributed by atoms with E-state index in [2.05, 4.69) is 64.5 Å². The number of hydrogen-bond acceptors (Lipinski definition) is 5. The van der Waals surface area contributed by atoms with E-state index in [0.717, 1.165) is 25.6 Å². The van der Waals surface area contributed by atoms with E-state index in [1.807, 2.05) is 0 Å². The van der Waals surface area contributed by atoms with Crippen LogP contribution in [0.2, 0.25) is 0 Å². The van der Waals surface area contributed by atoms with Crippen LogP contribution in [0, 0.1) is 6.92 Å². The molecular weight excluding hydrogens is 406 g/mol. The Morgan fingerprint density at radius 3 is 3.00 bits per heavy atom. The average Bonchev–Trinajstić information content (AvgIpc) is 3.31. The smallest absolute Gasteiger partial charge is 0.0607 e. The highest BCUT2D eigenvalue weighted by Crippen LogP contribution is 2.35. The molecule has 1 N–H and O–H groups in total. The number of likely N-dealkylation sites (N-methyl/N-ethyl adjacent to an activating group) is 1. The van der Waals surface area contributed by atoms with Crippen molar-refractivity contribution in [1.82, 2.24) is 20.1 Å². The third-order valence-corrected chi connectivity index (χ3v) is 8.63. The molecule has 0 bridgehead atoms. The highest BCUT2D eigenvalue weighted by molar-refractivity contribution is 5.58. The van der Waals surface area contributed by atoms with E-state index in [-0.39, 0.29) is 0 Å². The molecule has 0 spiro atoms. The number of aromatic nitrogens is 1. The fourth-order valence-electron chi connectivity index (χ4n) is 6.90. The Morgan fingerprint density at radius 1 is 1.12 bits per heavy atom. The standard InChI is InChI=1S/C28H39N5/c1-20-14-21-6-3-10-27(28(21)30-16-20)31(2)18-23-15-25-22(17-29-23)7-4-9-26(25)33-13-12-32-11-5-8-24(32)19-33/h4,7,9,14,16,23-24,27,29H,3,5-6,8,10-13,15,17-19H2,1-2H3/t23-,24-,27+/m1/s1. The summed E-state index contributed by atoms with van der Waals surface area (Å²) in [6.45, 7) is 9.14. The molecule has 3 atom stereocenters. The van der Waals surface area contributed by atoms with Gasteiger partial charge in [-0.3, -0.25) is 14.8 Å². The molecule has 6 rings (SSSR count). The zero-order chi connectivity index (χ0) is 22.4. The molecule has 2 fully saturated rings. The van der Waals surface area contributed by atoms with E-state index in [1.165, 1.54) is 86.4 Å². The summed E-state index contributed by atoms with van der Waals surface area (Å²) in [7, 11) is 2.31. The summed E-state index contributed by atoms with van der Waals surface area (Å²) in [4.78, 5) is 12.9. The van der Waals surface area contributed by atoms with Gasteiger partial charge in [-0.25, -0.2) is 0 Å². The maximum Gasteiger partial charge on any atom is 0.0607 e. The number of fused-ring (bicyclic) bond motifs is 3. The first-order chi connectivity index (χ1) is 16.2. The minimum absolute atomic E-state index is 0.447. The maximum atomic E-state index is 4.88. The summed E-state index contributed by atoms with van der Waals surface area (Å²) >= 11 is 0. The molecule has 3 aliphatic heterocycles. The van der Waals surface area contributed by atoms with Crippen molar-refractivity contribution in [1.29, 1.82) is 0 Å². The quantitative estimate of drug-likeness (QED) is 0.776. The molecule has 1 aliphatic carbocycles. The second-order valence-electron chi connectivity index (χ2n) is 10.9. The molecule has 2 aromatic rings. The van der Waals surface area contributed by atoms with Crippen LogP contribution in [-0.4, -0.2) is 66.6 Å². The molecule has 4 aliphatic rings. The Bertz CT molecular complexity index is 1000. The fourth-order valence-corrected chi connectivity index (χ4v) is 6.90. The first-order valence-corrected chi connectivity index (χ1v) is 13.1. The molecule has 1 aromatic heterocycles. The van der Waals surface area contributed by atoms with Gasteiger partial charge in [-0.1, -0.05) is 18.2 Å². The number of nitrogens with zero attached hydrogens (tertiary/aromatic N) is 4. The van der Waals surface area contributed by atoms with Crippen molar-refractivity contribution < 1.29 is 0 Å². The lowest BCUT2D eigenvalue weighted by molar-refractivity contribution is 0.190.